The van der Waals surface area contributed by atoms with Crippen LogP contribution in [0.1, 0.15) is 55.4 Å². The minimum absolute atomic E-state index is 0.362. The maximum Gasteiger partial charge on any atom is 0.0678 e. The van der Waals surface area contributed by atoms with Gasteiger partial charge in [-0.2, -0.15) is 0 Å². The molecule has 2 saturated heterocycles. The van der Waals surface area contributed by atoms with Crippen LogP contribution >= 0.6 is 0 Å². The predicted molar refractivity (Wildman–Crippen MR) is 109 cm³/mol. The molecule has 2 rings (SSSR count). The summed E-state index contributed by atoms with van der Waals surface area (Å²) in [6.45, 7) is 22.2. The zero-order valence-corrected chi connectivity index (χ0v) is 19.3. The molecule has 0 atom stereocenters. The van der Waals surface area contributed by atoms with E-state index in [9.17, 15) is 19.8 Å². The molecule has 0 aromatic rings. The zero-order valence-electron chi connectivity index (χ0n) is 19.3. The summed E-state index contributed by atoms with van der Waals surface area (Å²) in [5.74, 6) is -3.89. The van der Waals surface area contributed by atoms with Crippen molar-refractivity contribution in [2.75, 3.05) is 26.2 Å². The normalized spacial score (nSPS) is 26.6. The summed E-state index contributed by atoms with van der Waals surface area (Å²) in [5, 5.41) is 32.3. The van der Waals surface area contributed by atoms with Crippen molar-refractivity contribution in [3.05, 3.63) is 12.2 Å². The van der Waals surface area contributed by atoms with Gasteiger partial charge in [0.2, 0.25) is 0 Å². The molecule has 2 heterocycles. The number of carboxylic acids is 2. The van der Waals surface area contributed by atoms with E-state index in [1.165, 1.54) is 0 Å². The summed E-state index contributed by atoms with van der Waals surface area (Å²) in [6.07, 6.45) is 0. The van der Waals surface area contributed by atoms with Crippen molar-refractivity contribution < 1.29 is 19.8 Å². The topological polar surface area (TPSA) is 104 Å². The lowest BCUT2D eigenvalue weighted by Gasteiger charge is -2.67. The summed E-state index contributed by atoms with van der Waals surface area (Å²) in [7, 11) is 0. The van der Waals surface area contributed by atoms with Crippen LogP contribution in [0.2, 0.25) is 0 Å². The number of carboxylic acid groups (broad SMARTS) is 2. The van der Waals surface area contributed by atoms with Crippen molar-refractivity contribution in [1.29, 1.82) is 0 Å². The van der Waals surface area contributed by atoms with Crippen molar-refractivity contribution >= 4 is 11.9 Å². The summed E-state index contributed by atoms with van der Waals surface area (Å²) in [4.78, 5) is 25.5. The maximum atomic E-state index is 13.2. The van der Waals surface area contributed by atoms with E-state index in [1.807, 2.05) is 55.4 Å². The number of piperidine rings is 2. The molecule has 2 aliphatic heterocycles. The lowest BCUT2D eigenvalue weighted by atomic mass is 9.40. The van der Waals surface area contributed by atoms with Gasteiger partial charge in [0.05, 0.1) is 11.9 Å². The fraction of sp³-hybridized carbons (Fsp3) is 0.826. The lowest BCUT2D eigenvalue weighted by molar-refractivity contribution is -0.338. The maximum absolute atomic E-state index is 13.2. The molecule has 0 aromatic carbocycles. The highest BCUT2D eigenvalue weighted by molar-refractivity contribution is 5.95. The number of carbonyl (C=O) groups excluding carboxylic acids is 2. The Bertz CT molecular complexity index is 636. The first-order valence-electron chi connectivity index (χ1n) is 10.5. The van der Waals surface area contributed by atoms with Gasteiger partial charge in [-0.15, -0.1) is 0 Å². The zero-order chi connectivity index (χ0) is 22.6. The monoisotopic (exact) mass is 406 g/mol. The summed E-state index contributed by atoms with van der Waals surface area (Å²) >= 11 is 0. The molecule has 0 radical (unpaired) electrons. The number of aliphatic carboxylic acids is 2. The van der Waals surface area contributed by atoms with Gasteiger partial charge < -0.3 is 30.4 Å². The van der Waals surface area contributed by atoms with Gasteiger partial charge in [-0.25, -0.2) is 0 Å². The van der Waals surface area contributed by atoms with E-state index in [2.05, 4.69) is 17.2 Å². The molecular weight excluding hydrogens is 368 g/mol. The third kappa shape index (κ3) is 3.63. The molecular formula is C23H38N2O4-2. The first-order chi connectivity index (χ1) is 12.9. The van der Waals surface area contributed by atoms with E-state index in [-0.39, 0.29) is 5.57 Å². The molecule has 6 nitrogen and oxygen atoms in total. The average molecular weight is 407 g/mol. The fourth-order valence-corrected chi connectivity index (χ4v) is 7.45. The molecule has 0 bridgehead atoms. The molecule has 6 heteroatoms. The third-order valence-corrected chi connectivity index (χ3v) is 7.44. The van der Waals surface area contributed by atoms with Crippen molar-refractivity contribution in [3.8, 4) is 0 Å². The SMILES string of the molecule is C=C(C(=O)[O-])C(C(=O)[O-])(C1C(C)(C)CNCC1(C)C)C1C(C)(C)CNCC1(C)C. The van der Waals surface area contributed by atoms with Gasteiger partial charge in [0.25, 0.3) is 0 Å². The van der Waals surface area contributed by atoms with Crippen LogP contribution in [0.5, 0.6) is 0 Å². The van der Waals surface area contributed by atoms with Crippen LogP contribution in [0.25, 0.3) is 0 Å². The largest absolute Gasteiger partial charge is 0.549 e. The van der Waals surface area contributed by atoms with Crippen molar-refractivity contribution in [2.24, 2.45) is 38.9 Å². The van der Waals surface area contributed by atoms with Gasteiger partial charge in [-0.3, -0.25) is 0 Å². The molecule has 0 spiro atoms. The van der Waals surface area contributed by atoms with E-state index in [4.69, 9.17) is 0 Å². The molecule has 0 saturated carbocycles. The van der Waals surface area contributed by atoms with Crippen molar-refractivity contribution in [3.63, 3.8) is 0 Å². The number of carbonyl (C=O) groups is 2. The highest BCUT2D eigenvalue weighted by Gasteiger charge is 2.66. The Morgan fingerprint density at radius 3 is 1.24 bits per heavy atom. The molecule has 2 N–H and O–H groups in total. The Kier molecular flexibility index (Phi) is 5.83. The van der Waals surface area contributed by atoms with Gasteiger partial charge >= 0.3 is 0 Å². The number of hydrogen-bond acceptors (Lipinski definition) is 6. The molecule has 2 aliphatic rings. The Morgan fingerprint density at radius 1 is 0.759 bits per heavy atom. The van der Waals surface area contributed by atoms with Crippen LogP contribution in [0.4, 0.5) is 0 Å². The third-order valence-electron chi connectivity index (χ3n) is 7.44. The first-order valence-corrected chi connectivity index (χ1v) is 10.5. The van der Waals surface area contributed by atoms with Gasteiger partial charge in [-0.05, 0) is 39.1 Å². The molecule has 0 amide bonds. The smallest absolute Gasteiger partial charge is 0.0678 e. The van der Waals surface area contributed by atoms with Crippen LogP contribution in [-0.4, -0.2) is 38.1 Å². The minimum Gasteiger partial charge on any atom is -0.549 e. The Labute approximate surface area is 175 Å². The van der Waals surface area contributed by atoms with Crippen LogP contribution in [0, 0.1) is 38.9 Å². The van der Waals surface area contributed by atoms with Crippen LogP contribution in [-0.2, 0) is 9.59 Å². The number of rotatable bonds is 5. The Hall–Kier alpha value is -1.40. The van der Waals surface area contributed by atoms with Crippen LogP contribution in [0.3, 0.4) is 0 Å². The highest BCUT2D eigenvalue weighted by atomic mass is 16.4. The summed E-state index contributed by atoms with van der Waals surface area (Å²) < 4.78 is 0. The number of hydrogen-bond donors (Lipinski definition) is 2. The molecule has 29 heavy (non-hydrogen) atoms. The molecule has 0 aliphatic carbocycles. The van der Waals surface area contributed by atoms with E-state index >= 15 is 0 Å². The summed E-state index contributed by atoms with van der Waals surface area (Å²) in [5.41, 5.74) is -4.15. The minimum atomic E-state index is -1.77. The molecule has 0 unspecified atom stereocenters. The molecule has 0 aromatic heterocycles. The van der Waals surface area contributed by atoms with Crippen molar-refractivity contribution in [2.45, 2.75) is 55.4 Å². The lowest BCUT2D eigenvalue weighted by Crippen LogP contribution is -2.72. The van der Waals surface area contributed by atoms with E-state index in [1.54, 1.807) is 0 Å². The predicted octanol–water partition coefficient (Wildman–Crippen LogP) is 0.572. The second kappa shape index (κ2) is 7.09. The second-order valence-corrected chi connectivity index (χ2v) is 11.9. The van der Waals surface area contributed by atoms with Crippen molar-refractivity contribution in [1.82, 2.24) is 10.6 Å². The second-order valence-electron chi connectivity index (χ2n) is 11.9. The van der Waals surface area contributed by atoms with Crippen LogP contribution in [0.15, 0.2) is 12.2 Å². The van der Waals surface area contributed by atoms with Gasteiger partial charge in [0, 0.05) is 31.6 Å². The molecule has 166 valence electrons. The Morgan fingerprint density at radius 2 is 1.03 bits per heavy atom. The van der Waals surface area contributed by atoms with Gasteiger partial charge in [0.15, 0.2) is 0 Å². The highest BCUT2D eigenvalue weighted by Crippen LogP contribution is 2.65. The van der Waals surface area contributed by atoms with E-state index in [0.717, 1.165) is 0 Å². The van der Waals surface area contributed by atoms with Crippen LogP contribution < -0.4 is 20.8 Å². The quantitative estimate of drug-likeness (QED) is 0.647. The standard InChI is InChI=1S/C23H40N2O4/c1-14(15(26)27)23(18(28)29,16-19(2,3)10-24-11-20(16,4)5)17-21(6,7)12-25-13-22(17,8)9/h16-17,24-25H,1,10-13H2,2-9H3,(H,26,27)(H,28,29)/p-2. The van der Waals surface area contributed by atoms with E-state index in [0.29, 0.717) is 26.2 Å². The van der Waals surface area contributed by atoms with Gasteiger partial charge in [-0.1, -0.05) is 62.0 Å². The van der Waals surface area contributed by atoms with Gasteiger partial charge in [0.1, 0.15) is 0 Å². The summed E-state index contributed by atoms with van der Waals surface area (Å²) in [6, 6.07) is 0. The number of nitrogens with one attached hydrogen (secondary N) is 2. The molecule has 2 fully saturated rings. The average Bonchev–Trinajstić information content (AvgIpc) is 2.48. The first kappa shape index (κ1) is 23.9. The fourth-order valence-electron chi connectivity index (χ4n) is 7.45. The Balaban J connectivity index is 2.98. The van der Waals surface area contributed by atoms with E-state index < -0.39 is 50.8 Å².